The maximum atomic E-state index is 5.60. The minimum absolute atomic E-state index is 0.401. The second-order valence-corrected chi connectivity index (χ2v) is 5.73. The van der Waals surface area contributed by atoms with Gasteiger partial charge < -0.3 is 10.2 Å². The molecule has 3 heteroatoms. The minimum Gasteiger partial charge on any atom is -0.332 e. The Hall–Kier alpha value is -1.87. The smallest absolute Gasteiger partial charge is 0.178 e. The zero-order chi connectivity index (χ0) is 14.1. The van der Waals surface area contributed by atoms with E-state index in [2.05, 4.69) is 72.6 Å². The average molecular weight is 282 g/mol. The van der Waals surface area contributed by atoms with Crippen molar-refractivity contribution in [2.45, 2.75) is 26.3 Å². The Bertz CT molecular complexity index is 634. The topological polar surface area (TPSA) is 15.3 Å². The quantitative estimate of drug-likeness (QED) is 0.791. The summed E-state index contributed by atoms with van der Waals surface area (Å²) in [5.74, 6) is 0. The Labute approximate surface area is 125 Å². The van der Waals surface area contributed by atoms with E-state index in [1.54, 1.807) is 0 Å². The summed E-state index contributed by atoms with van der Waals surface area (Å²) in [6.07, 6.45) is 1.05. The number of anilines is 2. The van der Waals surface area contributed by atoms with Gasteiger partial charge in [0, 0.05) is 17.4 Å². The fourth-order valence-electron chi connectivity index (χ4n) is 2.70. The van der Waals surface area contributed by atoms with Crippen LogP contribution in [0.3, 0.4) is 0 Å². The number of nitrogens with one attached hydrogen (secondary N) is 1. The van der Waals surface area contributed by atoms with Crippen molar-refractivity contribution in [3.8, 4) is 0 Å². The summed E-state index contributed by atoms with van der Waals surface area (Å²) in [5.41, 5.74) is 4.89. The van der Waals surface area contributed by atoms with Gasteiger partial charge in [-0.15, -0.1) is 0 Å². The summed E-state index contributed by atoms with van der Waals surface area (Å²) in [6.45, 7) is 4.30. The van der Waals surface area contributed by atoms with Gasteiger partial charge in [-0.05, 0) is 56.2 Å². The molecule has 0 spiro atoms. The number of benzene rings is 2. The van der Waals surface area contributed by atoms with Crippen LogP contribution in [0.15, 0.2) is 48.5 Å². The van der Waals surface area contributed by atoms with Crippen LogP contribution in [-0.2, 0) is 6.42 Å². The first-order chi connectivity index (χ1) is 9.65. The molecule has 2 aromatic rings. The molecule has 1 N–H and O–H groups in total. The second kappa shape index (κ2) is 5.25. The molecular weight excluding hydrogens is 264 g/mol. The van der Waals surface area contributed by atoms with E-state index in [4.69, 9.17) is 12.2 Å². The van der Waals surface area contributed by atoms with Crippen LogP contribution < -0.4 is 10.2 Å². The third kappa shape index (κ3) is 2.41. The van der Waals surface area contributed by atoms with E-state index < -0.39 is 0 Å². The van der Waals surface area contributed by atoms with Gasteiger partial charge in [-0.25, -0.2) is 0 Å². The van der Waals surface area contributed by atoms with Crippen LogP contribution in [0.2, 0.25) is 0 Å². The first kappa shape index (κ1) is 13.1. The number of rotatable bonds is 1. The molecule has 0 aromatic heterocycles. The van der Waals surface area contributed by atoms with Gasteiger partial charge in [0.05, 0.1) is 0 Å². The third-order valence-electron chi connectivity index (χ3n) is 3.73. The van der Waals surface area contributed by atoms with Crippen LogP contribution in [0, 0.1) is 6.92 Å². The van der Waals surface area contributed by atoms with Crippen molar-refractivity contribution in [1.82, 2.24) is 0 Å². The van der Waals surface area contributed by atoms with Gasteiger partial charge in [-0.3, -0.25) is 0 Å². The van der Waals surface area contributed by atoms with Gasteiger partial charge >= 0.3 is 0 Å². The predicted molar refractivity (Wildman–Crippen MR) is 89.5 cm³/mol. The summed E-state index contributed by atoms with van der Waals surface area (Å²) >= 11 is 5.60. The van der Waals surface area contributed by atoms with Crippen molar-refractivity contribution in [2.75, 3.05) is 10.2 Å². The molecule has 20 heavy (non-hydrogen) atoms. The molecule has 1 atom stereocenters. The van der Waals surface area contributed by atoms with Gasteiger partial charge in [-0.2, -0.15) is 0 Å². The lowest BCUT2D eigenvalue weighted by molar-refractivity contribution is 0.776. The molecule has 0 radical (unpaired) electrons. The predicted octanol–water partition coefficient (Wildman–Crippen LogP) is 4.14. The Morgan fingerprint density at radius 3 is 2.60 bits per heavy atom. The van der Waals surface area contributed by atoms with Crippen LogP contribution in [0.1, 0.15) is 18.1 Å². The van der Waals surface area contributed by atoms with Crippen LogP contribution in [0.4, 0.5) is 11.4 Å². The number of nitrogens with zero attached hydrogens (tertiary/aromatic N) is 1. The van der Waals surface area contributed by atoms with Crippen molar-refractivity contribution in [2.24, 2.45) is 0 Å². The molecule has 102 valence electrons. The number of para-hydroxylation sites is 1. The van der Waals surface area contributed by atoms with Crippen LogP contribution in [0.25, 0.3) is 0 Å². The number of hydrogen-bond donors (Lipinski definition) is 1. The van der Waals surface area contributed by atoms with Gasteiger partial charge in [-0.1, -0.05) is 35.9 Å². The summed E-state index contributed by atoms with van der Waals surface area (Å²) in [7, 11) is 0. The van der Waals surface area contributed by atoms with E-state index in [1.807, 2.05) is 0 Å². The lowest BCUT2D eigenvalue weighted by Crippen LogP contribution is -2.38. The molecule has 0 aliphatic carbocycles. The molecule has 2 aromatic carbocycles. The van der Waals surface area contributed by atoms with Crippen LogP contribution in [0.5, 0.6) is 0 Å². The van der Waals surface area contributed by atoms with Crippen molar-refractivity contribution < 1.29 is 0 Å². The van der Waals surface area contributed by atoms with Gasteiger partial charge in [0.25, 0.3) is 0 Å². The molecule has 3 rings (SSSR count). The minimum atomic E-state index is 0.401. The Morgan fingerprint density at radius 2 is 1.85 bits per heavy atom. The second-order valence-electron chi connectivity index (χ2n) is 5.35. The number of hydrogen-bond acceptors (Lipinski definition) is 1. The molecular formula is C17H18N2S. The first-order valence-corrected chi connectivity index (χ1v) is 7.31. The van der Waals surface area contributed by atoms with Crippen molar-refractivity contribution in [3.63, 3.8) is 0 Å². The summed E-state index contributed by atoms with van der Waals surface area (Å²) in [6, 6.07) is 17.2. The lowest BCUT2D eigenvalue weighted by Gasteiger charge is -2.26. The fraction of sp³-hybridized carbons (Fsp3) is 0.235. The van der Waals surface area contributed by atoms with E-state index >= 15 is 0 Å². The fourth-order valence-corrected chi connectivity index (χ4v) is 3.09. The molecule has 0 fully saturated rings. The monoisotopic (exact) mass is 282 g/mol. The maximum absolute atomic E-state index is 5.60. The first-order valence-electron chi connectivity index (χ1n) is 6.90. The number of thiocarbonyl (C=S) groups is 1. The van der Waals surface area contributed by atoms with E-state index in [0.29, 0.717) is 6.04 Å². The molecule has 0 saturated carbocycles. The van der Waals surface area contributed by atoms with E-state index in [-0.39, 0.29) is 0 Å². The molecule has 0 saturated heterocycles. The van der Waals surface area contributed by atoms with E-state index in [9.17, 15) is 0 Å². The van der Waals surface area contributed by atoms with Crippen LogP contribution >= 0.6 is 12.2 Å². The number of fused-ring (bicyclic) bond motifs is 1. The SMILES string of the molecule is Cc1ccc(NC(=S)N2c3ccccc3CC2C)cc1. The summed E-state index contributed by atoms with van der Waals surface area (Å²) < 4.78 is 0. The molecule has 0 bridgehead atoms. The Morgan fingerprint density at radius 1 is 1.15 bits per heavy atom. The molecule has 2 nitrogen and oxygen atoms in total. The summed E-state index contributed by atoms with van der Waals surface area (Å²) in [4.78, 5) is 2.21. The van der Waals surface area contributed by atoms with Gasteiger partial charge in [0.1, 0.15) is 0 Å². The third-order valence-corrected chi connectivity index (χ3v) is 4.03. The molecule has 0 amide bonds. The van der Waals surface area contributed by atoms with E-state index in [1.165, 1.54) is 16.8 Å². The largest absolute Gasteiger partial charge is 0.332 e. The summed E-state index contributed by atoms with van der Waals surface area (Å²) in [5, 5.41) is 4.11. The Kier molecular flexibility index (Phi) is 3.45. The van der Waals surface area contributed by atoms with Gasteiger partial charge in [0.15, 0.2) is 5.11 Å². The van der Waals surface area contributed by atoms with E-state index in [0.717, 1.165) is 17.2 Å². The van der Waals surface area contributed by atoms with Crippen LogP contribution in [-0.4, -0.2) is 11.2 Å². The van der Waals surface area contributed by atoms with Gasteiger partial charge in [0.2, 0.25) is 0 Å². The molecule has 1 unspecified atom stereocenters. The molecule has 1 aliphatic heterocycles. The highest BCUT2D eigenvalue weighted by molar-refractivity contribution is 7.80. The molecule has 1 aliphatic rings. The highest BCUT2D eigenvalue weighted by Crippen LogP contribution is 2.32. The van der Waals surface area contributed by atoms with Crippen molar-refractivity contribution >= 4 is 28.7 Å². The molecule has 1 heterocycles. The van der Waals surface area contributed by atoms with Crippen molar-refractivity contribution in [1.29, 1.82) is 0 Å². The average Bonchev–Trinajstić information content (AvgIpc) is 2.77. The lowest BCUT2D eigenvalue weighted by atomic mass is 10.1. The highest BCUT2D eigenvalue weighted by Gasteiger charge is 2.28. The normalized spacial score (nSPS) is 16.9. The zero-order valence-corrected chi connectivity index (χ0v) is 12.6. The Balaban J connectivity index is 1.82. The highest BCUT2D eigenvalue weighted by atomic mass is 32.1. The number of aryl methyl sites for hydroxylation is 1. The standard InChI is InChI=1S/C17H18N2S/c1-12-7-9-15(10-8-12)18-17(20)19-13(2)11-14-5-3-4-6-16(14)19/h3-10,13H,11H2,1-2H3,(H,18,20). The van der Waals surface area contributed by atoms with Crippen molar-refractivity contribution in [3.05, 3.63) is 59.7 Å². The zero-order valence-electron chi connectivity index (χ0n) is 11.8. The maximum Gasteiger partial charge on any atom is 0.178 e.